The Labute approximate surface area is 145 Å². The Balaban J connectivity index is 1.55. The van der Waals surface area contributed by atoms with Gasteiger partial charge >= 0.3 is 0 Å². The van der Waals surface area contributed by atoms with E-state index in [-0.39, 0.29) is 17.8 Å². The van der Waals surface area contributed by atoms with Crippen molar-refractivity contribution in [2.24, 2.45) is 0 Å². The zero-order valence-electron chi connectivity index (χ0n) is 13.8. The molecule has 0 aliphatic rings. The minimum absolute atomic E-state index is 0.00155. The highest BCUT2D eigenvalue weighted by atomic mass is 16.3. The fourth-order valence-corrected chi connectivity index (χ4v) is 2.73. The molecule has 1 amide bonds. The summed E-state index contributed by atoms with van der Waals surface area (Å²) >= 11 is 0. The summed E-state index contributed by atoms with van der Waals surface area (Å²) in [7, 11) is 0. The van der Waals surface area contributed by atoms with Crippen LogP contribution in [0.25, 0.3) is 0 Å². The van der Waals surface area contributed by atoms with E-state index < -0.39 is 0 Å². The van der Waals surface area contributed by atoms with Gasteiger partial charge in [0.15, 0.2) is 0 Å². The molecule has 0 aliphatic heterocycles. The molecule has 1 unspecified atom stereocenters. The van der Waals surface area contributed by atoms with Gasteiger partial charge in [-0.3, -0.25) is 9.89 Å². The molecular formula is C18H21N5O2. The highest BCUT2D eigenvalue weighted by Gasteiger charge is 2.19. The maximum atomic E-state index is 12.3. The molecule has 1 atom stereocenters. The van der Waals surface area contributed by atoms with Gasteiger partial charge in [-0.1, -0.05) is 30.3 Å². The van der Waals surface area contributed by atoms with Gasteiger partial charge in [0.1, 0.15) is 11.6 Å². The van der Waals surface area contributed by atoms with Gasteiger partial charge in [0, 0.05) is 25.3 Å². The van der Waals surface area contributed by atoms with Crippen molar-refractivity contribution in [1.82, 2.24) is 20.5 Å². The van der Waals surface area contributed by atoms with E-state index in [0.717, 1.165) is 12.2 Å². The van der Waals surface area contributed by atoms with E-state index in [1.165, 1.54) is 5.56 Å². The van der Waals surface area contributed by atoms with Crippen LogP contribution in [0.5, 0.6) is 0 Å². The molecule has 1 aromatic carbocycles. The first-order valence-electron chi connectivity index (χ1n) is 8.21. The van der Waals surface area contributed by atoms with Gasteiger partial charge in [0.05, 0.1) is 6.26 Å². The summed E-state index contributed by atoms with van der Waals surface area (Å²) in [6, 6.07) is 13.9. The summed E-state index contributed by atoms with van der Waals surface area (Å²) in [5.41, 5.74) is 6.63. The summed E-state index contributed by atoms with van der Waals surface area (Å²) in [4.78, 5) is 16.3. The van der Waals surface area contributed by atoms with Crippen LogP contribution in [0.3, 0.4) is 0 Å². The average molecular weight is 339 g/mol. The van der Waals surface area contributed by atoms with Gasteiger partial charge in [-0.2, -0.15) is 4.98 Å². The Morgan fingerprint density at radius 3 is 2.76 bits per heavy atom. The van der Waals surface area contributed by atoms with Crippen LogP contribution in [0, 0.1) is 0 Å². The number of furan rings is 1. The normalized spacial score (nSPS) is 12.0. The molecule has 7 heteroatoms. The van der Waals surface area contributed by atoms with E-state index in [4.69, 9.17) is 10.2 Å². The SMILES string of the molecule is Nc1n[nH]c(CCNC(=O)CC(Cc2ccccc2)c2ccco2)n1. The highest BCUT2D eigenvalue weighted by molar-refractivity contribution is 5.76. The number of hydrogen-bond acceptors (Lipinski definition) is 5. The van der Waals surface area contributed by atoms with Crippen molar-refractivity contribution < 1.29 is 9.21 Å². The van der Waals surface area contributed by atoms with Gasteiger partial charge in [0.25, 0.3) is 0 Å². The van der Waals surface area contributed by atoms with E-state index in [0.29, 0.717) is 25.2 Å². The number of aromatic nitrogens is 3. The molecule has 4 N–H and O–H groups in total. The maximum absolute atomic E-state index is 12.3. The zero-order chi connectivity index (χ0) is 17.5. The fourth-order valence-electron chi connectivity index (χ4n) is 2.73. The molecule has 3 aromatic rings. The number of carbonyl (C=O) groups excluding carboxylic acids is 1. The van der Waals surface area contributed by atoms with Crippen LogP contribution >= 0.6 is 0 Å². The quantitative estimate of drug-likeness (QED) is 0.582. The Bertz CT molecular complexity index is 783. The summed E-state index contributed by atoms with van der Waals surface area (Å²) in [6.07, 6.45) is 3.31. The van der Waals surface area contributed by atoms with Crippen LogP contribution in [0.1, 0.15) is 29.5 Å². The summed E-state index contributed by atoms with van der Waals surface area (Å²) in [6.45, 7) is 0.476. The van der Waals surface area contributed by atoms with Gasteiger partial charge in [0.2, 0.25) is 11.9 Å². The fraction of sp³-hybridized carbons (Fsp3) is 0.278. The number of H-pyrrole nitrogens is 1. The molecule has 25 heavy (non-hydrogen) atoms. The number of nitrogens with two attached hydrogens (primary N) is 1. The molecule has 2 aromatic heterocycles. The Morgan fingerprint density at radius 2 is 2.08 bits per heavy atom. The molecule has 130 valence electrons. The van der Waals surface area contributed by atoms with Crippen molar-refractivity contribution in [3.05, 3.63) is 65.9 Å². The molecule has 0 aliphatic carbocycles. The predicted octanol–water partition coefficient (Wildman–Crippen LogP) is 2.06. The van der Waals surface area contributed by atoms with Crippen LogP contribution < -0.4 is 11.1 Å². The topological polar surface area (TPSA) is 110 Å². The number of hydrogen-bond donors (Lipinski definition) is 3. The lowest BCUT2D eigenvalue weighted by Gasteiger charge is -2.14. The summed E-state index contributed by atoms with van der Waals surface area (Å²) in [5.74, 6) is 1.66. The third kappa shape index (κ3) is 4.94. The van der Waals surface area contributed by atoms with Crippen LogP contribution in [-0.2, 0) is 17.6 Å². The van der Waals surface area contributed by atoms with Crippen LogP contribution in [0.4, 0.5) is 5.95 Å². The lowest BCUT2D eigenvalue weighted by molar-refractivity contribution is -0.121. The molecule has 2 heterocycles. The first-order valence-corrected chi connectivity index (χ1v) is 8.21. The second-order valence-electron chi connectivity index (χ2n) is 5.85. The molecule has 3 rings (SSSR count). The summed E-state index contributed by atoms with van der Waals surface area (Å²) in [5, 5.41) is 9.39. The second kappa shape index (κ2) is 8.14. The van der Waals surface area contributed by atoms with E-state index in [1.807, 2.05) is 30.3 Å². The Morgan fingerprint density at radius 1 is 1.24 bits per heavy atom. The number of nitrogen functional groups attached to an aromatic ring is 1. The Hall–Kier alpha value is -3.09. The first kappa shape index (κ1) is 16.8. The molecule has 7 nitrogen and oxygen atoms in total. The van der Waals surface area contributed by atoms with Gasteiger partial charge < -0.3 is 15.5 Å². The van der Waals surface area contributed by atoms with Crippen molar-refractivity contribution >= 4 is 11.9 Å². The highest BCUT2D eigenvalue weighted by Crippen LogP contribution is 2.24. The monoisotopic (exact) mass is 339 g/mol. The van der Waals surface area contributed by atoms with E-state index in [1.54, 1.807) is 6.26 Å². The number of nitrogens with zero attached hydrogens (tertiary/aromatic N) is 2. The van der Waals surface area contributed by atoms with E-state index in [9.17, 15) is 4.79 Å². The smallest absolute Gasteiger partial charge is 0.239 e. The number of amides is 1. The number of nitrogens with one attached hydrogen (secondary N) is 2. The molecule has 0 spiro atoms. The molecule has 0 saturated carbocycles. The van der Waals surface area contributed by atoms with E-state index >= 15 is 0 Å². The van der Waals surface area contributed by atoms with Crippen molar-refractivity contribution in [3.63, 3.8) is 0 Å². The number of aromatic amines is 1. The van der Waals surface area contributed by atoms with Gasteiger partial charge in [-0.15, -0.1) is 5.10 Å². The standard InChI is InChI=1S/C18H21N5O2/c19-18-21-16(22-23-18)8-9-20-17(24)12-14(15-7-4-10-25-15)11-13-5-2-1-3-6-13/h1-7,10,14H,8-9,11-12H2,(H,20,24)(H3,19,21,22,23). The zero-order valence-corrected chi connectivity index (χ0v) is 13.8. The average Bonchev–Trinajstić information content (AvgIpc) is 3.27. The van der Waals surface area contributed by atoms with Crippen molar-refractivity contribution in [1.29, 1.82) is 0 Å². The minimum Gasteiger partial charge on any atom is -0.469 e. The van der Waals surface area contributed by atoms with Crippen molar-refractivity contribution in [2.75, 3.05) is 12.3 Å². The summed E-state index contributed by atoms with van der Waals surface area (Å²) < 4.78 is 5.53. The third-order valence-corrected chi connectivity index (χ3v) is 3.94. The van der Waals surface area contributed by atoms with Gasteiger partial charge in [-0.25, -0.2) is 0 Å². The maximum Gasteiger partial charge on any atom is 0.239 e. The van der Waals surface area contributed by atoms with Gasteiger partial charge in [-0.05, 0) is 24.1 Å². The lowest BCUT2D eigenvalue weighted by atomic mass is 9.93. The number of rotatable bonds is 8. The number of carbonyl (C=O) groups is 1. The molecule has 0 fully saturated rings. The van der Waals surface area contributed by atoms with Crippen molar-refractivity contribution in [3.8, 4) is 0 Å². The predicted molar refractivity (Wildman–Crippen MR) is 93.7 cm³/mol. The van der Waals surface area contributed by atoms with Crippen LogP contribution in [0.2, 0.25) is 0 Å². The number of benzene rings is 1. The molecule has 0 bridgehead atoms. The molecule has 0 radical (unpaired) electrons. The van der Waals surface area contributed by atoms with Crippen molar-refractivity contribution in [2.45, 2.75) is 25.2 Å². The lowest BCUT2D eigenvalue weighted by Crippen LogP contribution is -2.27. The Kier molecular flexibility index (Phi) is 5.46. The second-order valence-corrected chi connectivity index (χ2v) is 5.85. The molecular weight excluding hydrogens is 318 g/mol. The van der Waals surface area contributed by atoms with Crippen LogP contribution in [-0.4, -0.2) is 27.6 Å². The first-order chi connectivity index (χ1) is 12.2. The largest absolute Gasteiger partial charge is 0.469 e. The molecule has 0 saturated heterocycles. The third-order valence-electron chi connectivity index (χ3n) is 3.94. The van der Waals surface area contributed by atoms with E-state index in [2.05, 4.69) is 32.6 Å². The minimum atomic E-state index is -0.0233. The van der Waals surface area contributed by atoms with Crippen LogP contribution in [0.15, 0.2) is 53.1 Å². The number of anilines is 1.